The molecule has 1 heterocycles. The number of benzene rings is 2. The van der Waals surface area contributed by atoms with E-state index in [2.05, 4.69) is 16.0 Å². The van der Waals surface area contributed by atoms with Crippen LogP contribution in [-0.4, -0.2) is 20.0 Å². The van der Waals surface area contributed by atoms with Gasteiger partial charge < -0.3 is 10.1 Å². The second-order valence-corrected chi connectivity index (χ2v) is 5.60. The summed E-state index contributed by atoms with van der Waals surface area (Å²) < 4.78 is 0. The van der Waals surface area contributed by atoms with Crippen molar-refractivity contribution in [2.75, 3.05) is 0 Å². The van der Waals surface area contributed by atoms with Crippen LogP contribution in [-0.2, 0) is 6.42 Å². The summed E-state index contributed by atoms with van der Waals surface area (Å²) in [5.41, 5.74) is 2.86. The molecule has 0 radical (unpaired) electrons. The standard InChI is InChI=1S/C17H14N4O3/c1-10-2-4-14-15(6-10)20-17(19-14)12(9-18)7-11-8-13(21(23)24)3-5-16(11)22/h2-6,8,12,22H,7H2,1H3,(H,19,20). The van der Waals surface area contributed by atoms with Gasteiger partial charge in [-0.15, -0.1) is 0 Å². The predicted octanol–water partition coefficient (Wildman–Crippen LogP) is 3.34. The van der Waals surface area contributed by atoms with Gasteiger partial charge in [-0.3, -0.25) is 10.1 Å². The summed E-state index contributed by atoms with van der Waals surface area (Å²) in [4.78, 5) is 17.9. The number of aryl methyl sites for hydroxylation is 1. The lowest BCUT2D eigenvalue weighted by molar-refractivity contribution is -0.384. The number of phenolic OH excluding ortho intramolecular Hbond substituents is 1. The van der Waals surface area contributed by atoms with Gasteiger partial charge in [0.25, 0.3) is 5.69 Å². The molecule has 3 rings (SSSR count). The Morgan fingerprint density at radius 1 is 1.38 bits per heavy atom. The van der Waals surface area contributed by atoms with Gasteiger partial charge in [-0.1, -0.05) is 6.07 Å². The van der Waals surface area contributed by atoms with Crippen LogP contribution < -0.4 is 0 Å². The van der Waals surface area contributed by atoms with E-state index in [0.29, 0.717) is 11.4 Å². The highest BCUT2D eigenvalue weighted by Gasteiger charge is 2.20. The molecular formula is C17H14N4O3. The fourth-order valence-electron chi connectivity index (χ4n) is 2.58. The van der Waals surface area contributed by atoms with Gasteiger partial charge in [0.05, 0.1) is 22.0 Å². The lowest BCUT2D eigenvalue weighted by atomic mass is 9.99. The van der Waals surface area contributed by atoms with Crippen LogP contribution in [0.25, 0.3) is 11.0 Å². The largest absolute Gasteiger partial charge is 0.508 e. The quantitative estimate of drug-likeness (QED) is 0.564. The van der Waals surface area contributed by atoms with Gasteiger partial charge in [0, 0.05) is 17.7 Å². The maximum atomic E-state index is 10.9. The molecule has 1 unspecified atom stereocenters. The number of fused-ring (bicyclic) bond motifs is 1. The van der Waals surface area contributed by atoms with Crippen LogP contribution in [0.3, 0.4) is 0 Å². The molecule has 2 aromatic carbocycles. The third-order valence-corrected chi connectivity index (χ3v) is 3.84. The van der Waals surface area contributed by atoms with E-state index in [1.54, 1.807) is 0 Å². The van der Waals surface area contributed by atoms with E-state index in [9.17, 15) is 20.5 Å². The van der Waals surface area contributed by atoms with Crippen molar-refractivity contribution in [2.45, 2.75) is 19.3 Å². The highest BCUT2D eigenvalue weighted by atomic mass is 16.6. The zero-order valence-electron chi connectivity index (χ0n) is 12.9. The van der Waals surface area contributed by atoms with Gasteiger partial charge >= 0.3 is 0 Å². The summed E-state index contributed by atoms with van der Waals surface area (Å²) in [5.74, 6) is -0.248. The van der Waals surface area contributed by atoms with Crippen LogP contribution in [0.1, 0.15) is 22.9 Å². The maximum Gasteiger partial charge on any atom is 0.269 e. The van der Waals surface area contributed by atoms with Crippen molar-refractivity contribution in [3.05, 3.63) is 63.5 Å². The summed E-state index contributed by atoms with van der Waals surface area (Å²) in [6, 6.07) is 11.7. The first-order chi connectivity index (χ1) is 11.5. The Hall–Kier alpha value is -3.40. The molecule has 0 bridgehead atoms. The number of rotatable bonds is 4. The molecular weight excluding hydrogens is 308 g/mol. The summed E-state index contributed by atoms with van der Waals surface area (Å²) in [6.45, 7) is 1.96. The molecule has 2 N–H and O–H groups in total. The lowest BCUT2D eigenvalue weighted by Crippen LogP contribution is -2.03. The van der Waals surface area contributed by atoms with Crippen molar-refractivity contribution in [1.82, 2.24) is 9.97 Å². The first kappa shape index (κ1) is 15.5. The third kappa shape index (κ3) is 2.90. The molecule has 0 spiro atoms. The number of aromatic amines is 1. The molecule has 0 fully saturated rings. The number of nitriles is 1. The van der Waals surface area contributed by atoms with Crippen molar-refractivity contribution in [2.24, 2.45) is 0 Å². The minimum absolute atomic E-state index is 0.0761. The van der Waals surface area contributed by atoms with E-state index in [1.807, 2.05) is 25.1 Å². The Morgan fingerprint density at radius 2 is 2.17 bits per heavy atom. The number of phenols is 1. The zero-order chi connectivity index (χ0) is 17.3. The molecule has 120 valence electrons. The summed E-state index contributed by atoms with van der Waals surface area (Å²) in [5, 5.41) is 30.3. The molecule has 0 aliphatic rings. The fraction of sp³-hybridized carbons (Fsp3) is 0.176. The van der Waals surface area contributed by atoms with E-state index in [-0.39, 0.29) is 17.9 Å². The molecule has 24 heavy (non-hydrogen) atoms. The van der Waals surface area contributed by atoms with Crippen molar-refractivity contribution in [3.8, 4) is 11.8 Å². The Bertz CT molecular complexity index is 972. The molecule has 1 aromatic heterocycles. The van der Waals surface area contributed by atoms with Gasteiger partial charge in [-0.05, 0) is 37.1 Å². The summed E-state index contributed by atoms with van der Waals surface area (Å²) in [7, 11) is 0. The number of nitrogens with one attached hydrogen (secondary N) is 1. The molecule has 0 saturated carbocycles. The van der Waals surface area contributed by atoms with E-state index < -0.39 is 10.8 Å². The number of H-pyrrole nitrogens is 1. The van der Waals surface area contributed by atoms with Crippen molar-refractivity contribution >= 4 is 16.7 Å². The van der Waals surface area contributed by atoms with Crippen LogP contribution >= 0.6 is 0 Å². The van der Waals surface area contributed by atoms with E-state index in [4.69, 9.17) is 0 Å². The van der Waals surface area contributed by atoms with Gasteiger partial charge in [-0.25, -0.2) is 4.98 Å². The smallest absolute Gasteiger partial charge is 0.269 e. The first-order valence-electron chi connectivity index (χ1n) is 7.30. The Labute approximate surface area is 137 Å². The number of aromatic hydroxyl groups is 1. The molecule has 3 aromatic rings. The number of nitro benzene ring substituents is 1. The van der Waals surface area contributed by atoms with E-state index in [1.165, 1.54) is 18.2 Å². The number of imidazole rings is 1. The first-order valence-corrected chi connectivity index (χ1v) is 7.30. The number of nitro groups is 1. The Morgan fingerprint density at radius 3 is 2.88 bits per heavy atom. The molecule has 0 saturated heterocycles. The minimum Gasteiger partial charge on any atom is -0.508 e. The second kappa shape index (κ2) is 6.01. The van der Waals surface area contributed by atoms with Crippen LogP contribution in [0.5, 0.6) is 5.75 Å². The van der Waals surface area contributed by atoms with Crippen molar-refractivity contribution in [1.29, 1.82) is 5.26 Å². The highest BCUT2D eigenvalue weighted by Crippen LogP contribution is 2.28. The van der Waals surface area contributed by atoms with E-state index >= 15 is 0 Å². The number of hydrogen-bond donors (Lipinski definition) is 2. The lowest BCUT2D eigenvalue weighted by Gasteiger charge is -2.08. The number of non-ortho nitro benzene ring substituents is 1. The summed E-state index contributed by atoms with van der Waals surface area (Å²) in [6.07, 6.45) is 0.128. The molecule has 0 amide bonds. The monoisotopic (exact) mass is 322 g/mol. The SMILES string of the molecule is Cc1ccc2nc(C(C#N)Cc3cc([N+](=O)[O-])ccc3O)[nH]c2c1. The van der Waals surface area contributed by atoms with Crippen LogP contribution in [0.2, 0.25) is 0 Å². The average molecular weight is 322 g/mol. The van der Waals surface area contributed by atoms with Gasteiger partial charge in [-0.2, -0.15) is 5.26 Å². The molecule has 7 nitrogen and oxygen atoms in total. The second-order valence-electron chi connectivity index (χ2n) is 5.60. The van der Waals surface area contributed by atoms with Gasteiger partial charge in [0.1, 0.15) is 17.5 Å². The molecule has 1 atom stereocenters. The molecule has 7 heteroatoms. The molecule has 0 aliphatic heterocycles. The van der Waals surface area contributed by atoms with Gasteiger partial charge in [0.15, 0.2) is 0 Å². The van der Waals surface area contributed by atoms with Crippen molar-refractivity contribution < 1.29 is 10.0 Å². The topological polar surface area (TPSA) is 116 Å². The maximum absolute atomic E-state index is 10.9. The Kier molecular flexibility index (Phi) is 3.88. The number of aromatic nitrogens is 2. The van der Waals surface area contributed by atoms with Crippen LogP contribution in [0.15, 0.2) is 36.4 Å². The zero-order valence-corrected chi connectivity index (χ0v) is 12.9. The summed E-state index contributed by atoms with van der Waals surface area (Å²) >= 11 is 0. The number of hydrogen-bond acceptors (Lipinski definition) is 5. The molecule has 0 aliphatic carbocycles. The van der Waals surface area contributed by atoms with Gasteiger partial charge in [0.2, 0.25) is 0 Å². The predicted molar refractivity (Wildman–Crippen MR) is 87.6 cm³/mol. The normalized spacial score (nSPS) is 12.0. The highest BCUT2D eigenvalue weighted by molar-refractivity contribution is 5.76. The van der Waals surface area contributed by atoms with Crippen LogP contribution in [0.4, 0.5) is 5.69 Å². The van der Waals surface area contributed by atoms with Crippen molar-refractivity contribution in [3.63, 3.8) is 0 Å². The third-order valence-electron chi connectivity index (χ3n) is 3.84. The number of nitrogens with zero attached hydrogens (tertiary/aromatic N) is 3. The van der Waals surface area contributed by atoms with E-state index in [0.717, 1.165) is 16.6 Å². The fourth-order valence-corrected chi connectivity index (χ4v) is 2.58. The minimum atomic E-state index is -0.648. The Balaban J connectivity index is 1.96. The average Bonchev–Trinajstić information content (AvgIpc) is 2.96. The van der Waals surface area contributed by atoms with Crippen LogP contribution in [0, 0.1) is 28.4 Å².